The van der Waals surface area contributed by atoms with Crippen LogP contribution in [0.3, 0.4) is 0 Å². The number of nitrogens with zero attached hydrogens (tertiary/aromatic N) is 2. The van der Waals surface area contributed by atoms with Crippen molar-refractivity contribution in [3.8, 4) is 5.69 Å². The lowest BCUT2D eigenvalue weighted by Gasteiger charge is -2.26. The van der Waals surface area contributed by atoms with Gasteiger partial charge in [-0.05, 0) is 83.5 Å². The zero-order chi connectivity index (χ0) is 29.9. The second kappa shape index (κ2) is 10.2. The summed E-state index contributed by atoms with van der Waals surface area (Å²) in [5.41, 5.74) is 10.2. The monoisotopic (exact) mass is 592 g/mol. The first-order valence-electron chi connectivity index (χ1n) is 15.2. The second-order valence-corrected chi connectivity index (χ2v) is 12.6. The molecule has 0 spiro atoms. The number of fused-ring (bicyclic) bond motifs is 7. The first kappa shape index (κ1) is 25.8. The van der Waals surface area contributed by atoms with Gasteiger partial charge < -0.3 is 9.47 Å². The van der Waals surface area contributed by atoms with Crippen molar-refractivity contribution in [3.63, 3.8) is 0 Å². The predicted molar refractivity (Wildman–Crippen MR) is 195 cm³/mol. The minimum Gasteiger partial charge on any atom is -0.316 e. The Morgan fingerprint density at radius 3 is 2.18 bits per heavy atom. The Kier molecular flexibility index (Phi) is 5.87. The van der Waals surface area contributed by atoms with Gasteiger partial charge in [0.1, 0.15) is 0 Å². The van der Waals surface area contributed by atoms with Crippen LogP contribution in [-0.2, 0) is 0 Å². The van der Waals surface area contributed by atoms with Crippen LogP contribution in [0.2, 0.25) is 0 Å². The molecule has 0 saturated heterocycles. The molecule has 3 heteroatoms. The van der Waals surface area contributed by atoms with Crippen molar-refractivity contribution in [3.05, 3.63) is 176 Å². The van der Waals surface area contributed by atoms with E-state index >= 15 is 0 Å². The van der Waals surface area contributed by atoms with Crippen LogP contribution in [0.15, 0.2) is 164 Å². The van der Waals surface area contributed by atoms with Gasteiger partial charge in [-0.2, -0.15) is 0 Å². The van der Waals surface area contributed by atoms with E-state index in [-0.39, 0.29) is 0 Å². The van der Waals surface area contributed by atoms with Gasteiger partial charge in [0.15, 0.2) is 0 Å². The Bertz CT molecular complexity index is 2510. The van der Waals surface area contributed by atoms with Gasteiger partial charge in [-0.25, -0.2) is 0 Å². The Balaban J connectivity index is 1.20. The summed E-state index contributed by atoms with van der Waals surface area (Å²) in [7, 11) is 0. The van der Waals surface area contributed by atoms with Crippen LogP contribution < -0.4 is 4.90 Å². The third-order valence-electron chi connectivity index (χ3n) is 8.90. The number of rotatable bonds is 3. The first-order chi connectivity index (χ1) is 22.2. The van der Waals surface area contributed by atoms with Gasteiger partial charge in [0.25, 0.3) is 0 Å². The summed E-state index contributed by atoms with van der Waals surface area (Å²) in [4.78, 5) is 2.30. The average molecular weight is 593 g/mol. The van der Waals surface area contributed by atoms with E-state index in [4.69, 9.17) is 0 Å². The second-order valence-electron chi connectivity index (χ2n) is 11.5. The molecule has 9 rings (SSSR count). The smallest absolute Gasteiger partial charge is 0.0541 e. The van der Waals surface area contributed by atoms with E-state index in [0.717, 1.165) is 39.3 Å². The lowest BCUT2D eigenvalue weighted by Crippen LogP contribution is -2.11. The highest BCUT2D eigenvalue weighted by Crippen LogP contribution is 2.41. The fourth-order valence-corrected chi connectivity index (χ4v) is 7.92. The summed E-state index contributed by atoms with van der Waals surface area (Å²) in [6, 6.07) is 50.2. The van der Waals surface area contributed by atoms with Crippen molar-refractivity contribution in [1.29, 1.82) is 0 Å². The number of hydrogen-bond acceptors (Lipinski definition) is 2. The van der Waals surface area contributed by atoms with Crippen LogP contribution in [0, 0.1) is 0 Å². The molecular weight excluding hydrogens is 565 g/mol. The third-order valence-corrected chi connectivity index (χ3v) is 10.0. The summed E-state index contributed by atoms with van der Waals surface area (Å²) in [5, 5.41) is 5.10. The first-order valence-corrected chi connectivity index (χ1v) is 16.0. The number of thiophene rings is 1. The van der Waals surface area contributed by atoms with Gasteiger partial charge in [-0.3, -0.25) is 0 Å². The number of anilines is 2. The molecule has 1 aliphatic rings. The summed E-state index contributed by atoms with van der Waals surface area (Å²) < 4.78 is 4.96. The Hall–Kier alpha value is -5.64. The van der Waals surface area contributed by atoms with Crippen molar-refractivity contribution in [2.75, 3.05) is 4.90 Å². The predicted octanol–water partition coefficient (Wildman–Crippen LogP) is 11.9. The van der Waals surface area contributed by atoms with Crippen LogP contribution in [-0.4, -0.2) is 4.57 Å². The largest absolute Gasteiger partial charge is 0.316 e. The molecule has 3 heterocycles. The molecular formula is C42H28N2S. The van der Waals surface area contributed by atoms with E-state index in [9.17, 15) is 0 Å². The molecule has 0 N–H and O–H groups in total. The van der Waals surface area contributed by atoms with E-state index in [1.54, 1.807) is 0 Å². The molecule has 6 aromatic carbocycles. The van der Waals surface area contributed by atoms with Crippen LogP contribution in [0.4, 0.5) is 11.4 Å². The van der Waals surface area contributed by atoms with Crippen molar-refractivity contribution in [1.82, 2.24) is 4.57 Å². The molecule has 0 bridgehead atoms. The Morgan fingerprint density at radius 2 is 1.27 bits per heavy atom. The standard InChI is InChI=1S/C42H28N2S/c1-28-25-30(29-19-22-40-37(26-29)34-14-6-9-17-39(34)44(40)31-11-3-2-4-12-31)23-24-43(38-16-8-5-13-33(28)38)32-20-21-36-35-15-7-10-18-41(35)45-42(36)27-32/h2-27H,1H2/b24-23-,30-25+. The SMILES string of the molecule is C=C1/C=C(c2ccc3c(c2)c2ccccc2n3-c2ccccc2)\C=C/N(c2ccc3c(c2)sc2ccccc23)c2ccccc21. The lowest BCUT2D eigenvalue weighted by atomic mass is 9.95. The molecule has 1 aliphatic heterocycles. The van der Waals surface area contributed by atoms with Gasteiger partial charge in [0, 0.05) is 54.1 Å². The fraction of sp³-hybridized carbons (Fsp3) is 0. The van der Waals surface area contributed by atoms with Crippen LogP contribution in [0.1, 0.15) is 11.1 Å². The molecule has 0 aliphatic carbocycles. The molecule has 0 amide bonds. The van der Waals surface area contributed by atoms with Crippen LogP contribution >= 0.6 is 11.3 Å². The van der Waals surface area contributed by atoms with Crippen molar-refractivity contribution in [2.24, 2.45) is 0 Å². The molecule has 0 saturated carbocycles. The minimum atomic E-state index is 0.990. The molecule has 2 aromatic heterocycles. The Labute approximate surface area is 265 Å². The normalized spacial score (nSPS) is 15.2. The fourth-order valence-electron chi connectivity index (χ4n) is 6.78. The molecule has 0 unspecified atom stereocenters. The molecule has 0 radical (unpaired) electrons. The Morgan fingerprint density at radius 1 is 0.533 bits per heavy atom. The lowest BCUT2D eigenvalue weighted by molar-refractivity contribution is 1.18. The summed E-state index contributed by atoms with van der Waals surface area (Å²) in [5.74, 6) is 0. The highest BCUT2D eigenvalue weighted by molar-refractivity contribution is 7.25. The van der Waals surface area contributed by atoms with Gasteiger partial charge in [0.05, 0.1) is 16.7 Å². The summed E-state index contributed by atoms with van der Waals surface area (Å²) in [6.45, 7) is 4.56. The van der Waals surface area contributed by atoms with E-state index in [2.05, 4.69) is 174 Å². The highest BCUT2D eigenvalue weighted by Gasteiger charge is 2.18. The van der Waals surface area contributed by atoms with E-state index in [0.29, 0.717) is 0 Å². The topological polar surface area (TPSA) is 8.17 Å². The summed E-state index contributed by atoms with van der Waals surface area (Å²) >= 11 is 1.85. The maximum absolute atomic E-state index is 4.56. The molecule has 8 aromatic rings. The molecule has 2 nitrogen and oxygen atoms in total. The number of aromatic nitrogens is 1. The molecule has 0 atom stereocenters. The van der Waals surface area contributed by atoms with Gasteiger partial charge in [-0.15, -0.1) is 11.3 Å². The quantitative estimate of drug-likeness (QED) is 0.198. The number of benzene rings is 6. The van der Waals surface area contributed by atoms with Crippen molar-refractivity contribution >= 4 is 75.8 Å². The van der Waals surface area contributed by atoms with Gasteiger partial charge in [-0.1, -0.05) is 91.5 Å². The highest BCUT2D eigenvalue weighted by atomic mass is 32.1. The number of para-hydroxylation sites is 3. The maximum atomic E-state index is 4.56. The van der Waals surface area contributed by atoms with Gasteiger partial charge >= 0.3 is 0 Å². The van der Waals surface area contributed by atoms with Crippen LogP contribution in [0.5, 0.6) is 0 Å². The van der Waals surface area contributed by atoms with E-state index < -0.39 is 0 Å². The molecule has 45 heavy (non-hydrogen) atoms. The number of hydrogen-bond donors (Lipinski definition) is 0. The minimum absolute atomic E-state index is 0.990. The van der Waals surface area contributed by atoms with Crippen molar-refractivity contribution < 1.29 is 0 Å². The molecule has 0 fully saturated rings. The van der Waals surface area contributed by atoms with E-state index in [1.165, 1.54) is 42.0 Å². The number of allylic oxidation sites excluding steroid dienone is 4. The average Bonchev–Trinajstić information content (AvgIpc) is 3.62. The zero-order valence-corrected chi connectivity index (χ0v) is 25.3. The maximum Gasteiger partial charge on any atom is 0.0541 e. The summed E-state index contributed by atoms with van der Waals surface area (Å²) in [6.07, 6.45) is 6.66. The van der Waals surface area contributed by atoms with Crippen LogP contribution in [0.25, 0.3) is 58.8 Å². The van der Waals surface area contributed by atoms with Gasteiger partial charge in [0.2, 0.25) is 0 Å². The van der Waals surface area contributed by atoms with E-state index in [1.807, 2.05) is 11.3 Å². The molecule has 212 valence electrons. The zero-order valence-electron chi connectivity index (χ0n) is 24.5. The third kappa shape index (κ3) is 4.16. The van der Waals surface area contributed by atoms with Crippen molar-refractivity contribution in [2.45, 2.75) is 0 Å².